The number of nitrogens with zero attached hydrogens (tertiary/aromatic N) is 4. The summed E-state index contributed by atoms with van der Waals surface area (Å²) in [4.78, 5) is 14.7. The monoisotopic (exact) mass is 447 g/mol. The second kappa shape index (κ2) is 10.3. The molecule has 0 radical (unpaired) electrons. The van der Waals surface area contributed by atoms with Gasteiger partial charge in [0.05, 0.1) is 13.2 Å². The number of rotatable bonds is 6. The van der Waals surface area contributed by atoms with Crippen molar-refractivity contribution >= 4 is 23.8 Å². The Morgan fingerprint density at radius 3 is 2.55 bits per heavy atom. The average molecular weight is 448 g/mol. The van der Waals surface area contributed by atoms with E-state index in [0.717, 1.165) is 75.1 Å². The van der Waals surface area contributed by atoms with Gasteiger partial charge in [-0.2, -0.15) is 0 Å². The van der Waals surface area contributed by atoms with E-state index in [-0.39, 0.29) is 6.17 Å². The SMILES string of the molecule is CC1=CC(Nc2cc(N3CCC(N4CCOCC4)CC3)nc(/C=C/c3ccccc3)n2)NN1. The maximum Gasteiger partial charge on any atom is 0.156 e. The van der Waals surface area contributed by atoms with E-state index in [1.165, 1.54) is 0 Å². The number of ether oxygens (including phenoxy) is 1. The average Bonchev–Trinajstić information content (AvgIpc) is 3.28. The molecular formula is C25H33N7O. The van der Waals surface area contributed by atoms with E-state index < -0.39 is 0 Å². The molecule has 0 bridgehead atoms. The lowest BCUT2D eigenvalue weighted by molar-refractivity contribution is 0.0115. The number of anilines is 2. The highest BCUT2D eigenvalue weighted by atomic mass is 16.5. The van der Waals surface area contributed by atoms with Gasteiger partial charge in [0.1, 0.15) is 17.8 Å². The smallest absolute Gasteiger partial charge is 0.156 e. The van der Waals surface area contributed by atoms with Crippen LogP contribution in [0.15, 0.2) is 48.2 Å². The Kier molecular flexibility index (Phi) is 6.85. The van der Waals surface area contributed by atoms with E-state index >= 15 is 0 Å². The fraction of sp³-hybridized carbons (Fsp3) is 0.440. The zero-order chi connectivity index (χ0) is 22.5. The van der Waals surface area contributed by atoms with Crippen LogP contribution in [0.25, 0.3) is 12.2 Å². The molecule has 0 amide bonds. The number of piperidine rings is 1. The van der Waals surface area contributed by atoms with E-state index in [1.807, 2.05) is 31.2 Å². The number of benzene rings is 1. The molecule has 1 unspecified atom stereocenters. The summed E-state index contributed by atoms with van der Waals surface area (Å²) in [5.41, 5.74) is 8.57. The fourth-order valence-electron chi connectivity index (χ4n) is 4.66. The molecule has 3 N–H and O–H groups in total. The largest absolute Gasteiger partial charge is 0.379 e. The Morgan fingerprint density at radius 1 is 1.03 bits per heavy atom. The van der Waals surface area contributed by atoms with Crippen molar-refractivity contribution in [2.24, 2.45) is 0 Å². The van der Waals surface area contributed by atoms with Gasteiger partial charge in [-0.05, 0) is 37.5 Å². The molecule has 8 heteroatoms. The summed E-state index contributed by atoms with van der Waals surface area (Å²) in [6.45, 7) is 7.86. The molecule has 1 atom stereocenters. The van der Waals surface area contributed by atoms with Crippen LogP contribution in [0, 0.1) is 0 Å². The molecule has 5 rings (SSSR count). The van der Waals surface area contributed by atoms with E-state index in [0.29, 0.717) is 11.9 Å². The minimum absolute atomic E-state index is 0.00856. The molecule has 3 aliphatic heterocycles. The van der Waals surface area contributed by atoms with Crippen LogP contribution in [0.5, 0.6) is 0 Å². The maximum absolute atomic E-state index is 5.53. The topological polar surface area (TPSA) is 77.6 Å². The normalized spacial score (nSPS) is 22.4. The predicted octanol–water partition coefficient (Wildman–Crippen LogP) is 2.70. The van der Waals surface area contributed by atoms with Crippen LogP contribution in [0.2, 0.25) is 0 Å². The maximum atomic E-state index is 5.53. The standard InChI is InChI=1S/C25H33N7O/c1-19-17-24(30-29-19)27-23-18-25(28-22(26-23)8-7-20-5-3-2-4-6-20)32-11-9-21(10-12-32)31-13-15-33-16-14-31/h2-8,17-18,21,24,29-30H,9-16H2,1H3,(H,26,27,28)/b8-7+. The third-order valence-corrected chi connectivity index (χ3v) is 6.45. The van der Waals surface area contributed by atoms with Gasteiger partial charge in [0.15, 0.2) is 5.82 Å². The number of hydrogen-bond acceptors (Lipinski definition) is 8. The minimum atomic E-state index is -0.00856. The third-order valence-electron chi connectivity index (χ3n) is 6.45. The number of aromatic nitrogens is 2. The van der Waals surface area contributed by atoms with Crippen LogP contribution in [0.3, 0.4) is 0 Å². The highest BCUT2D eigenvalue weighted by Gasteiger charge is 2.27. The molecule has 0 saturated carbocycles. The van der Waals surface area contributed by atoms with Crippen molar-refractivity contribution in [3.05, 3.63) is 59.6 Å². The number of nitrogens with one attached hydrogen (secondary N) is 3. The summed E-state index contributed by atoms with van der Waals surface area (Å²) in [7, 11) is 0. The summed E-state index contributed by atoms with van der Waals surface area (Å²) >= 11 is 0. The highest BCUT2D eigenvalue weighted by molar-refractivity contribution is 5.68. The Bertz CT molecular complexity index is 980. The van der Waals surface area contributed by atoms with Crippen LogP contribution in [0.1, 0.15) is 31.2 Å². The summed E-state index contributed by atoms with van der Waals surface area (Å²) in [6, 6.07) is 13.0. The number of allylic oxidation sites excluding steroid dienone is 1. The molecule has 1 aromatic carbocycles. The van der Waals surface area contributed by atoms with Gasteiger partial charge in [-0.3, -0.25) is 4.90 Å². The lowest BCUT2D eigenvalue weighted by atomic mass is 10.0. The second-order valence-electron chi connectivity index (χ2n) is 8.82. The molecule has 2 fully saturated rings. The van der Waals surface area contributed by atoms with E-state index in [1.54, 1.807) is 0 Å². The number of hydrazine groups is 1. The van der Waals surface area contributed by atoms with E-state index in [9.17, 15) is 0 Å². The number of hydrogen-bond donors (Lipinski definition) is 3. The highest BCUT2D eigenvalue weighted by Crippen LogP contribution is 2.24. The van der Waals surface area contributed by atoms with Crippen LogP contribution in [0.4, 0.5) is 11.6 Å². The first-order valence-corrected chi connectivity index (χ1v) is 11.9. The Labute approximate surface area is 195 Å². The van der Waals surface area contributed by atoms with Gasteiger partial charge in [-0.1, -0.05) is 36.4 Å². The molecule has 0 aliphatic carbocycles. The fourth-order valence-corrected chi connectivity index (χ4v) is 4.66. The Balaban J connectivity index is 1.33. The molecule has 4 heterocycles. The first kappa shape index (κ1) is 21.9. The summed E-state index contributed by atoms with van der Waals surface area (Å²) in [5, 5.41) is 3.47. The summed E-state index contributed by atoms with van der Waals surface area (Å²) < 4.78 is 5.53. The van der Waals surface area contributed by atoms with E-state index in [2.05, 4.69) is 56.3 Å². The van der Waals surface area contributed by atoms with Gasteiger partial charge in [0.25, 0.3) is 0 Å². The molecule has 2 aromatic rings. The second-order valence-corrected chi connectivity index (χ2v) is 8.82. The summed E-state index contributed by atoms with van der Waals surface area (Å²) in [6.07, 6.45) is 8.45. The Morgan fingerprint density at radius 2 is 1.82 bits per heavy atom. The van der Waals surface area contributed by atoms with Crippen LogP contribution in [-0.2, 0) is 4.74 Å². The van der Waals surface area contributed by atoms with Gasteiger partial charge in [-0.15, -0.1) is 0 Å². The third kappa shape index (κ3) is 5.71. The zero-order valence-corrected chi connectivity index (χ0v) is 19.2. The molecular weight excluding hydrogens is 414 g/mol. The van der Waals surface area contributed by atoms with Crippen molar-refractivity contribution in [2.45, 2.75) is 32.0 Å². The van der Waals surface area contributed by atoms with E-state index in [4.69, 9.17) is 14.7 Å². The predicted molar refractivity (Wildman–Crippen MR) is 132 cm³/mol. The van der Waals surface area contributed by atoms with Crippen LogP contribution >= 0.6 is 0 Å². The quantitative estimate of drug-likeness (QED) is 0.624. The van der Waals surface area contributed by atoms with Crippen molar-refractivity contribution in [3.63, 3.8) is 0 Å². The summed E-state index contributed by atoms with van der Waals surface area (Å²) in [5.74, 6) is 2.50. The molecule has 174 valence electrons. The molecule has 3 aliphatic rings. The molecule has 0 spiro atoms. The first-order chi connectivity index (χ1) is 16.2. The van der Waals surface area contributed by atoms with Crippen molar-refractivity contribution in [1.82, 2.24) is 25.7 Å². The first-order valence-electron chi connectivity index (χ1n) is 11.9. The van der Waals surface area contributed by atoms with Gasteiger partial charge < -0.3 is 20.4 Å². The van der Waals surface area contributed by atoms with Crippen molar-refractivity contribution in [3.8, 4) is 0 Å². The molecule has 33 heavy (non-hydrogen) atoms. The van der Waals surface area contributed by atoms with Gasteiger partial charge in [0.2, 0.25) is 0 Å². The van der Waals surface area contributed by atoms with Crippen LogP contribution < -0.4 is 21.1 Å². The zero-order valence-electron chi connectivity index (χ0n) is 19.2. The lowest BCUT2D eigenvalue weighted by Gasteiger charge is -2.40. The van der Waals surface area contributed by atoms with Gasteiger partial charge in [0, 0.05) is 44.0 Å². The van der Waals surface area contributed by atoms with Crippen LogP contribution in [-0.4, -0.2) is 66.5 Å². The Hall–Kier alpha value is -2.94. The molecule has 8 nitrogen and oxygen atoms in total. The molecule has 2 saturated heterocycles. The van der Waals surface area contributed by atoms with Gasteiger partial charge >= 0.3 is 0 Å². The van der Waals surface area contributed by atoms with Crippen molar-refractivity contribution < 1.29 is 4.74 Å². The lowest BCUT2D eigenvalue weighted by Crippen LogP contribution is -2.49. The van der Waals surface area contributed by atoms with Crippen molar-refractivity contribution in [1.29, 1.82) is 0 Å². The molecule has 1 aromatic heterocycles. The minimum Gasteiger partial charge on any atom is -0.379 e. The van der Waals surface area contributed by atoms with Crippen molar-refractivity contribution in [2.75, 3.05) is 49.6 Å². The number of morpholine rings is 1. The van der Waals surface area contributed by atoms with Gasteiger partial charge in [-0.25, -0.2) is 15.4 Å².